The highest BCUT2D eigenvalue weighted by atomic mass is 16.2. The maximum atomic E-state index is 12.5. The zero-order valence-corrected chi connectivity index (χ0v) is 12.1. The summed E-state index contributed by atoms with van der Waals surface area (Å²) in [5.74, 6) is 0.172. The van der Waals surface area contributed by atoms with Crippen LogP contribution in [0, 0.1) is 0 Å². The molecular formula is C18H16N2O2. The SMILES string of the molecule is C=C1N(C(=O)c2ccccc2)CCN1C(=O)c1ccccc1. The fraction of sp³-hybridized carbons (Fsp3) is 0.111. The minimum absolute atomic E-state index is 0.131. The van der Waals surface area contributed by atoms with Gasteiger partial charge in [0.1, 0.15) is 5.82 Å². The fourth-order valence-electron chi connectivity index (χ4n) is 2.51. The van der Waals surface area contributed by atoms with E-state index in [2.05, 4.69) is 6.58 Å². The van der Waals surface area contributed by atoms with E-state index in [4.69, 9.17) is 0 Å². The maximum absolute atomic E-state index is 12.5. The number of rotatable bonds is 2. The highest BCUT2D eigenvalue weighted by Crippen LogP contribution is 2.22. The minimum Gasteiger partial charge on any atom is -0.293 e. The van der Waals surface area contributed by atoms with Gasteiger partial charge >= 0.3 is 0 Å². The second-order valence-corrected chi connectivity index (χ2v) is 5.06. The van der Waals surface area contributed by atoms with E-state index in [0.717, 1.165) is 0 Å². The monoisotopic (exact) mass is 292 g/mol. The van der Waals surface area contributed by atoms with E-state index in [1.54, 1.807) is 34.1 Å². The summed E-state index contributed by atoms with van der Waals surface area (Å²) in [5, 5.41) is 0. The fourth-order valence-corrected chi connectivity index (χ4v) is 2.51. The second kappa shape index (κ2) is 5.85. The molecule has 0 spiro atoms. The molecule has 1 aliphatic heterocycles. The molecule has 1 heterocycles. The van der Waals surface area contributed by atoms with Crippen molar-refractivity contribution < 1.29 is 9.59 Å². The van der Waals surface area contributed by atoms with Gasteiger partial charge < -0.3 is 0 Å². The zero-order chi connectivity index (χ0) is 15.5. The Morgan fingerprint density at radius 2 is 1.09 bits per heavy atom. The lowest BCUT2D eigenvalue weighted by Crippen LogP contribution is -2.31. The van der Waals surface area contributed by atoms with Gasteiger partial charge in [-0.05, 0) is 24.3 Å². The number of amides is 2. The molecule has 2 aromatic rings. The molecule has 0 bridgehead atoms. The van der Waals surface area contributed by atoms with Crippen LogP contribution in [-0.2, 0) is 0 Å². The first-order valence-corrected chi connectivity index (χ1v) is 7.11. The minimum atomic E-state index is -0.131. The van der Waals surface area contributed by atoms with Gasteiger partial charge in [-0.3, -0.25) is 19.4 Å². The Morgan fingerprint density at radius 1 is 0.727 bits per heavy atom. The second-order valence-electron chi connectivity index (χ2n) is 5.06. The molecule has 1 fully saturated rings. The molecule has 0 aliphatic carbocycles. The Labute approximate surface area is 129 Å². The van der Waals surface area contributed by atoms with E-state index < -0.39 is 0 Å². The van der Waals surface area contributed by atoms with Crippen molar-refractivity contribution in [3.63, 3.8) is 0 Å². The van der Waals surface area contributed by atoms with Gasteiger partial charge in [-0.25, -0.2) is 0 Å². The van der Waals surface area contributed by atoms with Crippen LogP contribution in [0.1, 0.15) is 20.7 Å². The summed E-state index contributed by atoms with van der Waals surface area (Å²) in [5.41, 5.74) is 1.19. The third-order valence-electron chi connectivity index (χ3n) is 3.70. The predicted molar refractivity (Wildman–Crippen MR) is 84.1 cm³/mol. The molecule has 0 unspecified atom stereocenters. The lowest BCUT2D eigenvalue weighted by molar-refractivity contribution is 0.0783. The molecule has 0 N–H and O–H groups in total. The molecule has 0 atom stereocenters. The van der Waals surface area contributed by atoms with Gasteiger partial charge in [-0.15, -0.1) is 0 Å². The largest absolute Gasteiger partial charge is 0.293 e. The van der Waals surface area contributed by atoms with E-state index in [0.29, 0.717) is 30.0 Å². The van der Waals surface area contributed by atoms with Gasteiger partial charge in [0.25, 0.3) is 11.8 Å². The summed E-state index contributed by atoms with van der Waals surface area (Å²) in [7, 11) is 0. The molecule has 0 saturated carbocycles. The van der Waals surface area contributed by atoms with Gasteiger partial charge in [0, 0.05) is 24.2 Å². The molecule has 1 aliphatic rings. The van der Waals surface area contributed by atoms with Crippen LogP contribution >= 0.6 is 0 Å². The van der Waals surface area contributed by atoms with E-state index in [1.807, 2.05) is 36.4 Å². The van der Waals surface area contributed by atoms with Gasteiger partial charge in [-0.1, -0.05) is 43.0 Å². The highest BCUT2D eigenvalue weighted by Gasteiger charge is 2.32. The Hall–Kier alpha value is -2.88. The van der Waals surface area contributed by atoms with Crippen LogP contribution in [0.25, 0.3) is 0 Å². The summed E-state index contributed by atoms with van der Waals surface area (Å²) < 4.78 is 0. The molecule has 22 heavy (non-hydrogen) atoms. The number of hydrogen-bond donors (Lipinski definition) is 0. The van der Waals surface area contributed by atoms with Crippen molar-refractivity contribution in [2.45, 2.75) is 0 Å². The Balaban J connectivity index is 1.78. The van der Waals surface area contributed by atoms with Crippen LogP contribution in [0.2, 0.25) is 0 Å². The molecule has 2 aromatic carbocycles. The normalized spacial score (nSPS) is 14.3. The summed E-state index contributed by atoms with van der Waals surface area (Å²) >= 11 is 0. The quantitative estimate of drug-likeness (QED) is 0.854. The van der Waals surface area contributed by atoms with E-state index >= 15 is 0 Å². The molecule has 1 saturated heterocycles. The van der Waals surface area contributed by atoms with Crippen molar-refractivity contribution in [1.29, 1.82) is 0 Å². The molecule has 4 heteroatoms. The van der Waals surface area contributed by atoms with Crippen LogP contribution in [0.5, 0.6) is 0 Å². The Kier molecular flexibility index (Phi) is 3.74. The maximum Gasteiger partial charge on any atom is 0.259 e. The molecule has 110 valence electrons. The standard InChI is InChI=1S/C18H16N2O2/c1-14-19(17(21)15-8-4-2-5-9-15)12-13-20(14)18(22)16-10-6-3-7-11-16/h2-11H,1,12-13H2. The smallest absolute Gasteiger partial charge is 0.259 e. The van der Waals surface area contributed by atoms with E-state index in [1.165, 1.54) is 0 Å². The van der Waals surface area contributed by atoms with Gasteiger partial charge in [-0.2, -0.15) is 0 Å². The van der Waals surface area contributed by atoms with E-state index in [9.17, 15) is 9.59 Å². The average molecular weight is 292 g/mol. The summed E-state index contributed by atoms with van der Waals surface area (Å²) in [6, 6.07) is 18.0. The number of nitrogens with zero attached hydrogens (tertiary/aromatic N) is 2. The Morgan fingerprint density at radius 3 is 1.45 bits per heavy atom. The van der Waals surface area contributed by atoms with Crippen molar-refractivity contribution in [2.24, 2.45) is 0 Å². The average Bonchev–Trinajstić information content (AvgIpc) is 2.96. The third kappa shape index (κ3) is 2.51. The van der Waals surface area contributed by atoms with Gasteiger partial charge in [0.05, 0.1) is 0 Å². The molecule has 0 radical (unpaired) electrons. The van der Waals surface area contributed by atoms with E-state index in [-0.39, 0.29) is 11.8 Å². The zero-order valence-electron chi connectivity index (χ0n) is 12.1. The first kappa shape index (κ1) is 14.1. The first-order chi connectivity index (χ1) is 10.7. The molecule has 4 nitrogen and oxygen atoms in total. The number of carbonyl (C=O) groups excluding carboxylic acids is 2. The van der Waals surface area contributed by atoms with Crippen LogP contribution in [0.15, 0.2) is 73.1 Å². The molecule has 0 aromatic heterocycles. The van der Waals surface area contributed by atoms with Crippen molar-refractivity contribution in [1.82, 2.24) is 9.80 Å². The molecule has 3 rings (SSSR count). The van der Waals surface area contributed by atoms with Crippen LogP contribution in [0.4, 0.5) is 0 Å². The van der Waals surface area contributed by atoms with Crippen molar-refractivity contribution >= 4 is 11.8 Å². The molecule has 2 amide bonds. The van der Waals surface area contributed by atoms with Crippen LogP contribution < -0.4 is 0 Å². The highest BCUT2D eigenvalue weighted by molar-refractivity contribution is 5.99. The lowest BCUT2D eigenvalue weighted by Gasteiger charge is -2.21. The third-order valence-corrected chi connectivity index (χ3v) is 3.70. The number of carbonyl (C=O) groups is 2. The van der Waals surface area contributed by atoms with Crippen LogP contribution in [-0.4, -0.2) is 34.7 Å². The predicted octanol–water partition coefficient (Wildman–Crippen LogP) is 2.76. The van der Waals surface area contributed by atoms with Crippen molar-refractivity contribution in [3.05, 3.63) is 84.2 Å². The Bertz CT molecular complexity index is 649. The summed E-state index contributed by atoms with van der Waals surface area (Å²) in [4.78, 5) is 28.1. The van der Waals surface area contributed by atoms with Gasteiger partial charge in [0.15, 0.2) is 0 Å². The van der Waals surface area contributed by atoms with Crippen molar-refractivity contribution in [3.8, 4) is 0 Å². The summed E-state index contributed by atoms with van der Waals surface area (Å²) in [6.07, 6.45) is 0. The topological polar surface area (TPSA) is 40.6 Å². The van der Waals surface area contributed by atoms with Crippen molar-refractivity contribution in [2.75, 3.05) is 13.1 Å². The van der Waals surface area contributed by atoms with Crippen LogP contribution in [0.3, 0.4) is 0 Å². The number of hydrogen-bond acceptors (Lipinski definition) is 2. The van der Waals surface area contributed by atoms with Gasteiger partial charge in [0.2, 0.25) is 0 Å². The molecular weight excluding hydrogens is 276 g/mol. The lowest BCUT2D eigenvalue weighted by atomic mass is 10.2. The first-order valence-electron chi connectivity index (χ1n) is 7.11. The summed E-state index contributed by atoms with van der Waals surface area (Å²) in [6.45, 7) is 4.85. The number of benzene rings is 2.